The molecule has 3 aliphatic rings. The van der Waals surface area contributed by atoms with E-state index < -0.39 is 0 Å². The molecular weight excluding hydrogens is 1650 g/mol. The number of hydrogen-bond donors (Lipinski definition) is 0. The van der Waals surface area contributed by atoms with Crippen LogP contribution in [0.4, 0.5) is 0 Å². The van der Waals surface area contributed by atoms with Gasteiger partial charge in [0.15, 0.2) is 0 Å². The van der Waals surface area contributed by atoms with Gasteiger partial charge in [-0.25, -0.2) is 0 Å². The highest BCUT2D eigenvalue weighted by Gasteiger charge is 2.42. The highest BCUT2D eigenvalue weighted by molar-refractivity contribution is 6.28. The molecule has 137 heavy (non-hydrogen) atoms. The monoisotopic (exact) mass is 1740 g/mol. The van der Waals surface area contributed by atoms with Crippen LogP contribution >= 0.6 is 0 Å². The van der Waals surface area contributed by atoms with E-state index in [-0.39, 0.29) is 16.2 Å². The summed E-state index contributed by atoms with van der Waals surface area (Å²) in [7, 11) is 0. The Kier molecular flexibility index (Phi) is 18.8. The molecule has 0 amide bonds. The van der Waals surface area contributed by atoms with E-state index >= 15 is 0 Å². The van der Waals surface area contributed by atoms with Crippen molar-refractivity contribution in [3.8, 4) is 122 Å². The van der Waals surface area contributed by atoms with Gasteiger partial charge in [0, 0.05) is 16.2 Å². The number of rotatable bonds is 8. The van der Waals surface area contributed by atoms with Gasteiger partial charge in [0.05, 0.1) is 0 Å². The third kappa shape index (κ3) is 12.6. The van der Waals surface area contributed by atoms with E-state index in [9.17, 15) is 0 Å². The minimum atomic E-state index is -0.0924. The lowest BCUT2D eigenvalue weighted by Gasteiger charge is -2.23. The van der Waals surface area contributed by atoms with E-state index in [1.54, 1.807) is 0 Å². The molecule has 0 bridgehead atoms. The second kappa shape index (κ2) is 31.8. The highest BCUT2D eigenvalue weighted by Crippen LogP contribution is 2.62. The highest BCUT2D eigenvalue weighted by atomic mass is 14.5. The molecule has 0 atom stereocenters. The molecule has 644 valence electrons. The molecule has 0 saturated carbocycles. The molecule has 0 fully saturated rings. The van der Waals surface area contributed by atoms with E-state index in [1.165, 1.54) is 274 Å². The predicted molar refractivity (Wildman–Crippen MR) is 588 cm³/mol. The van der Waals surface area contributed by atoms with E-state index in [0.29, 0.717) is 0 Å². The zero-order valence-corrected chi connectivity index (χ0v) is 77.5. The van der Waals surface area contributed by atoms with Gasteiger partial charge in [-0.1, -0.05) is 509 Å². The first-order chi connectivity index (χ1) is 67.3. The summed E-state index contributed by atoms with van der Waals surface area (Å²) >= 11 is 0. The third-order valence-electron chi connectivity index (χ3n) is 31.0. The zero-order chi connectivity index (χ0) is 91.5. The minimum Gasteiger partial charge on any atom is -0.0622 e. The number of hydrogen-bond acceptors (Lipinski definition) is 0. The van der Waals surface area contributed by atoms with Crippen molar-refractivity contribution in [3.05, 3.63) is 507 Å². The second-order valence-corrected chi connectivity index (χ2v) is 39.3. The fraction of sp³-hybridized carbons (Fsp3) is 0.0657. The van der Waals surface area contributed by atoms with Gasteiger partial charge in [-0.3, -0.25) is 0 Å². The maximum atomic E-state index is 2.39. The van der Waals surface area contributed by atoms with E-state index in [0.717, 1.165) is 0 Å². The SMILES string of the molecule is CC1(C)c2cccc(-c3c4ccccc4c(-c4ccc(-c5ccccc5)cc4)c4ccccc34)c2-c2c1ccc1ccccc21.CC1(C)c2cccc(-c3c4ccccc4c(-c4ccc5c(ccc6ccccc65)c4)c4ccccc34)c2-c2c1ccc1ccccc21.CC1(C)c2cccc(-c3c4ccccc4c(-c4ccccc4-c4ccccc4)c4ccccc34)c2-c2c1ccc1ccccc21. The summed E-state index contributed by atoms with van der Waals surface area (Å²) in [6, 6.07) is 175. The summed E-state index contributed by atoms with van der Waals surface area (Å²) in [5.74, 6) is 0. The quantitative estimate of drug-likeness (QED) is 0.105. The molecule has 28 rings (SSSR count). The van der Waals surface area contributed by atoms with Crippen LogP contribution < -0.4 is 0 Å². The smallest absolute Gasteiger partial charge is 0.0159 e. The Hall–Kier alpha value is -16.6. The Bertz CT molecular complexity index is 9170. The molecule has 0 nitrogen and oxygen atoms in total. The molecule has 0 spiro atoms. The van der Waals surface area contributed by atoms with Gasteiger partial charge >= 0.3 is 0 Å². The third-order valence-corrected chi connectivity index (χ3v) is 31.0. The average Bonchev–Trinajstić information content (AvgIpc) is 1.58. The molecule has 0 aromatic heterocycles. The number of fused-ring (bicyclic) bond motifs is 24. The Morgan fingerprint density at radius 1 is 0.109 bits per heavy atom. The Morgan fingerprint density at radius 2 is 0.336 bits per heavy atom. The van der Waals surface area contributed by atoms with Crippen LogP contribution in [0.25, 0.3) is 241 Å². The first kappa shape index (κ1) is 81.2. The Morgan fingerprint density at radius 3 is 0.701 bits per heavy atom. The van der Waals surface area contributed by atoms with E-state index in [4.69, 9.17) is 0 Å². The van der Waals surface area contributed by atoms with Crippen LogP contribution in [0.1, 0.15) is 74.9 Å². The molecule has 0 unspecified atom stereocenters. The van der Waals surface area contributed by atoms with Crippen molar-refractivity contribution < 1.29 is 0 Å². The molecule has 0 N–H and O–H groups in total. The zero-order valence-electron chi connectivity index (χ0n) is 77.5. The van der Waals surface area contributed by atoms with Crippen LogP contribution in [0.3, 0.4) is 0 Å². The Balaban J connectivity index is 0.000000106. The summed E-state index contributed by atoms with van der Waals surface area (Å²) in [5, 5.41) is 28.4. The molecule has 0 aliphatic heterocycles. The summed E-state index contributed by atoms with van der Waals surface area (Å²) in [6.07, 6.45) is 0. The minimum absolute atomic E-state index is 0.0866. The molecule has 0 heterocycles. The van der Waals surface area contributed by atoms with Crippen molar-refractivity contribution in [2.45, 2.75) is 57.8 Å². The van der Waals surface area contributed by atoms with Gasteiger partial charge in [-0.2, -0.15) is 0 Å². The van der Waals surface area contributed by atoms with Crippen LogP contribution in [0, 0.1) is 0 Å². The first-order valence-corrected chi connectivity index (χ1v) is 48.4. The lowest BCUT2D eigenvalue weighted by molar-refractivity contribution is 0.661. The number of benzene rings is 25. The predicted octanol–water partition coefficient (Wildman–Crippen LogP) is 38.0. The topological polar surface area (TPSA) is 0 Å². The fourth-order valence-electron chi connectivity index (χ4n) is 24.6. The first-order valence-electron chi connectivity index (χ1n) is 48.4. The van der Waals surface area contributed by atoms with Gasteiger partial charge in [0.25, 0.3) is 0 Å². The van der Waals surface area contributed by atoms with Crippen LogP contribution in [-0.2, 0) is 16.2 Å². The summed E-state index contributed by atoms with van der Waals surface area (Å²) < 4.78 is 0. The van der Waals surface area contributed by atoms with Crippen LogP contribution in [0.2, 0.25) is 0 Å². The summed E-state index contributed by atoms with van der Waals surface area (Å²) in [4.78, 5) is 0. The molecule has 0 heteroatoms. The maximum absolute atomic E-state index is 2.39. The lowest BCUT2D eigenvalue weighted by Crippen LogP contribution is -2.14. The van der Waals surface area contributed by atoms with E-state index in [1.807, 2.05) is 0 Å². The van der Waals surface area contributed by atoms with Gasteiger partial charge in [-0.05, 0) is 280 Å². The Labute approximate surface area is 799 Å². The van der Waals surface area contributed by atoms with Crippen LogP contribution in [0.5, 0.6) is 0 Å². The van der Waals surface area contributed by atoms with Crippen molar-refractivity contribution >= 4 is 118 Å². The maximum Gasteiger partial charge on any atom is 0.0159 e. The molecule has 3 aliphatic carbocycles. The van der Waals surface area contributed by atoms with Crippen molar-refractivity contribution in [1.29, 1.82) is 0 Å². The van der Waals surface area contributed by atoms with Crippen LogP contribution in [-0.4, -0.2) is 0 Å². The molecular formula is C137H96. The van der Waals surface area contributed by atoms with Crippen molar-refractivity contribution in [2.75, 3.05) is 0 Å². The van der Waals surface area contributed by atoms with Crippen LogP contribution in [0.15, 0.2) is 473 Å². The lowest BCUT2D eigenvalue weighted by atomic mass is 9.80. The standard InChI is InChI=1S/C47H32.2C45H32/c1-47(2)41-21-11-20-40(46(41)45-35-15-6-4-13-30(35)25-27-42(45)47)44-38-18-9-7-16-36(38)43(37-17-8-10-19-39(37)44)32-24-26-34-31(28-32)23-22-29-12-3-5-14-33(29)34;1-45(2)39-22-12-21-38(44(39)43-33-16-7-6-15-31(33)27-28-40(43)45)42-36-19-10-8-17-34(36)41(35-18-9-11-20-37(35)42)32-25-23-30(24-26-32)29-13-4-3-5-14-29;1-45(2)39-26-14-25-38(44(39)43-32-19-7-6-17-30(32)27-28-40(43)45)42-36-23-12-10-21-34(36)41(35-22-11-13-24-37(35)42)33-20-9-8-18-31(33)29-15-4-3-5-16-29/h3-28H,1-2H3;2*3-28H,1-2H3. The second-order valence-electron chi connectivity index (χ2n) is 39.3. The summed E-state index contributed by atoms with van der Waals surface area (Å²) in [6.45, 7) is 14.3. The van der Waals surface area contributed by atoms with Crippen molar-refractivity contribution in [3.63, 3.8) is 0 Å². The summed E-state index contributed by atoms with van der Waals surface area (Å²) in [5.41, 5.74) is 37.0. The molecule has 25 aromatic rings. The average molecular weight is 1740 g/mol. The van der Waals surface area contributed by atoms with E-state index in [2.05, 4.69) is 515 Å². The van der Waals surface area contributed by atoms with Gasteiger partial charge < -0.3 is 0 Å². The van der Waals surface area contributed by atoms with Gasteiger partial charge in [0.2, 0.25) is 0 Å². The van der Waals surface area contributed by atoms with Crippen molar-refractivity contribution in [1.82, 2.24) is 0 Å². The molecule has 0 saturated heterocycles. The van der Waals surface area contributed by atoms with Crippen molar-refractivity contribution in [2.24, 2.45) is 0 Å². The van der Waals surface area contributed by atoms with Gasteiger partial charge in [0.1, 0.15) is 0 Å². The molecule has 25 aromatic carbocycles. The fourth-order valence-corrected chi connectivity index (χ4v) is 24.6. The van der Waals surface area contributed by atoms with Gasteiger partial charge in [-0.15, -0.1) is 0 Å². The molecule has 0 radical (unpaired) electrons. The normalized spacial score (nSPS) is 13.4. The largest absolute Gasteiger partial charge is 0.0622 e.